The Morgan fingerprint density at radius 2 is 1.93 bits per heavy atom. The van der Waals surface area contributed by atoms with Crippen LogP contribution in [0.3, 0.4) is 0 Å². The minimum absolute atomic E-state index is 0. The van der Waals surface area contributed by atoms with Gasteiger partial charge in [-0.25, -0.2) is 0 Å². The summed E-state index contributed by atoms with van der Waals surface area (Å²) in [4.78, 5) is 8.93. The van der Waals surface area contributed by atoms with Crippen molar-refractivity contribution in [3.8, 4) is 5.75 Å². The Hall–Kier alpha value is -2.08. The van der Waals surface area contributed by atoms with Crippen molar-refractivity contribution in [2.45, 2.75) is 13.5 Å². The molecule has 1 aromatic carbocycles. The first-order chi connectivity index (χ1) is 12.8. The Labute approximate surface area is 170 Å². The van der Waals surface area contributed by atoms with Crippen molar-refractivity contribution in [1.29, 1.82) is 0 Å². The van der Waals surface area contributed by atoms with E-state index in [1.54, 1.807) is 6.20 Å². The topological polar surface area (TPSA) is 56.3 Å². The van der Waals surface area contributed by atoms with Gasteiger partial charge >= 0.3 is 0 Å². The number of anilines is 1. The molecular weight excluding hydrogens is 385 g/mol. The Bertz CT molecular complexity index is 862. The number of ether oxygens (including phenoxy) is 2. The highest BCUT2D eigenvalue weighted by Gasteiger charge is 2.07. The number of aromatic nitrogens is 2. The van der Waals surface area contributed by atoms with E-state index in [2.05, 4.69) is 27.4 Å². The van der Waals surface area contributed by atoms with Gasteiger partial charge in [-0.05, 0) is 25.1 Å². The summed E-state index contributed by atoms with van der Waals surface area (Å²) in [7, 11) is 0. The summed E-state index contributed by atoms with van der Waals surface area (Å²) in [6, 6.07) is 12.0. The number of nitrogens with zero attached hydrogens (tertiary/aromatic N) is 2. The Balaban J connectivity index is 0.00000261. The van der Waals surface area contributed by atoms with Gasteiger partial charge in [-0.1, -0.05) is 18.2 Å². The lowest BCUT2D eigenvalue weighted by molar-refractivity contribution is 0.111. The number of rotatable bonds is 9. The van der Waals surface area contributed by atoms with E-state index in [1.165, 1.54) is 0 Å². The highest BCUT2D eigenvalue weighted by molar-refractivity contribution is 6.17. The minimum atomic E-state index is 0. The zero-order chi connectivity index (χ0) is 18.2. The number of pyridine rings is 2. The third-order valence-electron chi connectivity index (χ3n) is 4.02. The van der Waals surface area contributed by atoms with Crippen LogP contribution in [-0.4, -0.2) is 35.7 Å². The average Bonchev–Trinajstić information content (AvgIpc) is 2.68. The van der Waals surface area contributed by atoms with Crippen LogP contribution in [0, 0.1) is 6.92 Å². The van der Waals surface area contributed by atoms with Crippen LogP contribution in [0.25, 0.3) is 10.9 Å². The van der Waals surface area contributed by atoms with E-state index in [9.17, 15) is 0 Å². The number of hydrogen-bond acceptors (Lipinski definition) is 5. The van der Waals surface area contributed by atoms with Gasteiger partial charge in [-0.2, -0.15) is 0 Å². The molecule has 0 radical (unpaired) electrons. The van der Waals surface area contributed by atoms with Crippen LogP contribution < -0.4 is 10.1 Å². The first-order valence-electron chi connectivity index (χ1n) is 8.57. The van der Waals surface area contributed by atoms with Gasteiger partial charge in [0.15, 0.2) is 0 Å². The summed E-state index contributed by atoms with van der Waals surface area (Å²) in [5.74, 6) is 1.32. The summed E-state index contributed by atoms with van der Waals surface area (Å²) in [6.45, 7) is 4.16. The molecule has 5 nitrogen and oxygen atoms in total. The van der Waals surface area contributed by atoms with Gasteiger partial charge < -0.3 is 14.8 Å². The fourth-order valence-electron chi connectivity index (χ4n) is 2.61. The molecule has 2 heterocycles. The normalized spacial score (nSPS) is 10.4. The number of halogens is 2. The molecule has 0 fully saturated rings. The van der Waals surface area contributed by atoms with E-state index in [-0.39, 0.29) is 12.4 Å². The maximum atomic E-state index is 5.79. The number of hydrogen-bond donors (Lipinski definition) is 1. The predicted octanol–water partition coefficient (Wildman–Crippen LogP) is 4.61. The van der Waals surface area contributed by atoms with Crippen LogP contribution in [-0.2, 0) is 11.3 Å². The quantitative estimate of drug-likeness (QED) is 0.414. The van der Waals surface area contributed by atoms with Crippen molar-refractivity contribution in [1.82, 2.24) is 9.97 Å². The number of alkyl halides is 1. The van der Waals surface area contributed by atoms with Crippen molar-refractivity contribution in [3.05, 3.63) is 60.0 Å². The summed E-state index contributed by atoms with van der Waals surface area (Å²) in [5, 5.41) is 4.49. The molecule has 0 atom stereocenters. The third kappa shape index (κ3) is 5.96. The number of para-hydroxylation sites is 1. The Morgan fingerprint density at radius 3 is 2.78 bits per heavy atom. The molecule has 0 amide bonds. The highest BCUT2D eigenvalue weighted by Crippen LogP contribution is 2.21. The Kier molecular flexibility index (Phi) is 8.58. The van der Waals surface area contributed by atoms with Gasteiger partial charge in [0, 0.05) is 23.0 Å². The van der Waals surface area contributed by atoms with Crippen LogP contribution in [0.1, 0.15) is 11.3 Å². The third-order valence-corrected chi connectivity index (χ3v) is 4.17. The first kappa shape index (κ1) is 21.2. The molecule has 0 saturated heterocycles. The molecule has 3 aromatic rings. The van der Waals surface area contributed by atoms with Crippen LogP contribution in [0.2, 0.25) is 0 Å². The van der Waals surface area contributed by atoms with Crippen molar-refractivity contribution < 1.29 is 9.47 Å². The minimum Gasteiger partial charge on any atom is -0.491 e. The lowest BCUT2D eigenvalue weighted by atomic mass is 10.2. The number of nitrogens with one attached hydrogen (secondary N) is 1. The average molecular weight is 408 g/mol. The van der Waals surface area contributed by atoms with E-state index in [1.807, 2.05) is 37.4 Å². The molecule has 0 spiro atoms. The molecule has 0 aliphatic heterocycles. The largest absolute Gasteiger partial charge is 0.491 e. The molecule has 3 rings (SSSR count). The smallest absolute Gasteiger partial charge is 0.125 e. The van der Waals surface area contributed by atoms with Gasteiger partial charge in [0.2, 0.25) is 0 Å². The van der Waals surface area contributed by atoms with Crippen LogP contribution >= 0.6 is 24.0 Å². The van der Waals surface area contributed by atoms with Crippen molar-refractivity contribution in [2.24, 2.45) is 0 Å². The number of benzene rings is 1. The highest BCUT2D eigenvalue weighted by atomic mass is 35.5. The molecule has 0 unspecified atom stereocenters. The fraction of sp³-hybridized carbons (Fsp3) is 0.300. The van der Waals surface area contributed by atoms with Crippen LogP contribution in [0.4, 0.5) is 5.69 Å². The lowest BCUT2D eigenvalue weighted by Crippen LogP contribution is -2.10. The van der Waals surface area contributed by atoms with Gasteiger partial charge in [0.05, 0.1) is 42.9 Å². The molecule has 27 heavy (non-hydrogen) atoms. The number of fused-ring (bicyclic) bond motifs is 1. The molecule has 1 N–H and O–H groups in total. The summed E-state index contributed by atoms with van der Waals surface area (Å²) >= 11 is 5.58. The van der Waals surface area contributed by atoms with E-state index >= 15 is 0 Å². The van der Waals surface area contributed by atoms with E-state index < -0.39 is 0 Å². The van der Waals surface area contributed by atoms with Gasteiger partial charge in [-0.15, -0.1) is 24.0 Å². The molecule has 0 bridgehead atoms. The standard InChI is InChI=1S/C20H22ClN3O2.ClH/c1-15-19(22-8-6-20(15)26-11-10-25-9-7-21)14-23-17-12-16-4-2-3-5-18(16)24-13-17;/h2-6,8,12-13,23H,7,9-11,14H2,1H3;1H. The van der Waals surface area contributed by atoms with E-state index in [4.69, 9.17) is 21.1 Å². The molecule has 7 heteroatoms. The van der Waals surface area contributed by atoms with E-state index in [0.29, 0.717) is 32.2 Å². The van der Waals surface area contributed by atoms with Gasteiger partial charge in [-0.3, -0.25) is 9.97 Å². The van der Waals surface area contributed by atoms with Gasteiger partial charge in [0.1, 0.15) is 12.4 Å². The fourth-order valence-corrected chi connectivity index (χ4v) is 2.72. The summed E-state index contributed by atoms with van der Waals surface area (Å²) < 4.78 is 11.1. The van der Waals surface area contributed by atoms with Crippen LogP contribution in [0.5, 0.6) is 5.75 Å². The first-order valence-corrected chi connectivity index (χ1v) is 9.11. The van der Waals surface area contributed by atoms with Crippen molar-refractivity contribution >= 4 is 40.6 Å². The molecule has 144 valence electrons. The second-order valence-electron chi connectivity index (χ2n) is 5.80. The maximum Gasteiger partial charge on any atom is 0.125 e. The predicted molar refractivity (Wildman–Crippen MR) is 112 cm³/mol. The second kappa shape index (κ2) is 10.9. The monoisotopic (exact) mass is 407 g/mol. The maximum absolute atomic E-state index is 5.79. The molecule has 0 aliphatic rings. The van der Waals surface area contributed by atoms with Crippen LogP contribution in [0.15, 0.2) is 48.8 Å². The Morgan fingerprint density at radius 1 is 1.07 bits per heavy atom. The molecule has 0 aliphatic carbocycles. The molecule has 0 saturated carbocycles. The lowest BCUT2D eigenvalue weighted by Gasteiger charge is -2.13. The van der Waals surface area contributed by atoms with E-state index in [0.717, 1.165) is 33.6 Å². The van der Waals surface area contributed by atoms with Gasteiger partial charge in [0.25, 0.3) is 0 Å². The summed E-state index contributed by atoms with van der Waals surface area (Å²) in [6.07, 6.45) is 3.60. The molecule has 2 aromatic heterocycles. The van der Waals surface area contributed by atoms with Crippen molar-refractivity contribution in [2.75, 3.05) is 31.0 Å². The second-order valence-corrected chi connectivity index (χ2v) is 6.18. The van der Waals surface area contributed by atoms with Crippen molar-refractivity contribution in [3.63, 3.8) is 0 Å². The molecular formula is C20H23Cl2N3O2. The zero-order valence-electron chi connectivity index (χ0n) is 15.2. The summed E-state index contributed by atoms with van der Waals surface area (Å²) in [5.41, 5.74) is 3.91. The SMILES string of the molecule is Cc1c(OCCOCCCl)ccnc1CNc1cnc2ccccc2c1.Cl. The zero-order valence-corrected chi connectivity index (χ0v) is 16.7.